The Morgan fingerprint density at radius 2 is 1.81 bits per heavy atom. The molecular weight excluding hydrogens is 500 g/mol. The van der Waals surface area contributed by atoms with Gasteiger partial charge in [-0.3, -0.25) is 19.2 Å². The smallest absolute Gasteiger partial charge is 0.269 e. The second-order valence-corrected chi connectivity index (χ2v) is 9.26. The molecule has 0 unspecified atom stereocenters. The molecule has 0 fully saturated rings. The van der Waals surface area contributed by atoms with Crippen molar-refractivity contribution >= 4 is 33.5 Å². The van der Waals surface area contributed by atoms with Crippen molar-refractivity contribution in [2.75, 3.05) is 24.6 Å². The number of ether oxygens (including phenoxy) is 2. The molecule has 192 valence electrons. The number of sulfonamides is 1. The van der Waals surface area contributed by atoms with Crippen LogP contribution in [0.4, 0.5) is 11.4 Å². The topological polar surface area (TPSA) is 140 Å². The molecule has 3 aromatic carbocycles. The molecule has 3 rings (SSSR count). The van der Waals surface area contributed by atoms with Crippen molar-refractivity contribution in [2.45, 2.75) is 4.90 Å². The van der Waals surface area contributed by atoms with Gasteiger partial charge in [-0.2, -0.15) is 5.10 Å². The molecule has 0 bridgehead atoms. The first-order valence-corrected chi connectivity index (χ1v) is 12.3. The maximum atomic E-state index is 13.3. The van der Waals surface area contributed by atoms with Gasteiger partial charge in [0.15, 0.2) is 11.5 Å². The first-order valence-electron chi connectivity index (χ1n) is 10.8. The zero-order valence-corrected chi connectivity index (χ0v) is 20.6. The Balaban J connectivity index is 1.80. The Bertz CT molecular complexity index is 1390. The van der Waals surface area contributed by atoms with Crippen molar-refractivity contribution in [3.05, 3.63) is 101 Å². The molecule has 0 radical (unpaired) electrons. The van der Waals surface area contributed by atoms with E-state index in [2.05, 4.69) is 17.1 Å². The molecule has 12 heteroatoms. The largest absolute Gasteiger partial charge is 0.493 e. The summed E-state index contributed by atoms with van der Waals surface area (Å²) < 4.78 is 38.2. The number of rotatable bonds is 12. The van der Waals surface area contributed by atoms with Crippen LogP contribution < -0.4 is 19.2 Å². The number of amides is 1. The Labute approximate surface area is 213 Å². The van der Waals surface area contributed by atoms with Crippen LogP contribution in [0.5, 0.6) is 11.5 Å². The lowest BCUT2D eigenvalue weighted by molar-refractivity contribution is -0.384. The monoisotopic (exact) mass is 524 g/mol. The number of anilines is 1. The van der Waals surface area contributed by atoms with E-state index >= 15 is 0 Å². The van der Waals surface area contributed by atoms with Crippen LogP contribution in [0.15, 0.2) is 95.4 Å². The summed E-state index contributed by atoms with van der Waals surface area (Å²) in [5, 5.41) is 14.9. The van der Waals surface area contributed by atoms with Gasteiger partial charge < -0.3 is 9.47 Å². The lowest BCUT2D eigenvalue weighted by Crippen LogP contribution is -2.39. The summed E-state index contributed by atoms with van der Waals surface area (Å²) >= 11 is 0. The van der Waals surface area contributed by atoms with Crippen LogP contribution in [0, 0.1) is 10.1 Å². The second kappa shape index (κ2) is 12.3. The second-order valence-electron chi connectivity index (χ2n) is 7.40. The normalized spacial score (nSPS) is 11.1. The van der Waals surface area contributed by atoms with Crippen LogP contribution in [0.2, 0.25) is 0 Å². The van der Waals surface area contributed by atoms with Gasteiger partial charge in [0.1, 0.15) is 13.2 Å². The van der Waals surface area contributed by atoms with Crippen molar-refractivity contribution in [3.8, 4) is 11.5 Å². The Kier molecular flexibility index (Phi) is 8.95. The Morgan fingerprint density at radius 1 is 1.11 bits per heavy atom. The van der Waals surface area contributed by atoms with Gasteiger partial charge >= 0.3 is 0 Å². The van der Waals surface area contributed by atoms with Gasteiger partial charge in [-0.25, -0.2) is 13.8 Å². The van der Waals surface area contributed by atoms with Crippen LogP contribution in [0.25, 0.3) is 0 Å². The van der Waals surface area contributed by atoms with Crippen LogP contribution in [-0.2, 0) is 14.8 Å². The molecule has 0 aliphatic carbocycles. The molecule has 0 saturated carbocycles. The number of nitrogens with zero attached hydrogens (tertiary/aromatic N) is 3. The molecule has 3 aromatic rings. The summed E-state index contributed by atoms with van der Waals surface area (Å²) in [6, 6.07) is 17.4. The molecular formula is C25H24N4O7S. The predicted octanol–water partition coefficient (Wildman–Crippen LogP) is 3.51. The molecule has 1 amide bonds. The van der Waals surface area contributed by atoms with Crippen molar-refractivity contribution in [3.63, 3.8) is 0 Å². The van der Waals surface area contributed by atoms with Crippen molar-refractivity contribution in [1.82, 2.24) is 5.43 Å². The van der Waals surface area contributed by atoms with E-state index in [1.807, 2.05) is 0 Å². The molecule has 0 aliphatic rings. The third kappa shape index (κ3) is 6.92. The Hall–Kier alpha value is -4.71. The molecule has 0 saturated heterocycles. The van der Waals surface area contributed by atoms with E-state index in [9.17, 15) is 23.3 Å². The first kappa shape index (κ1) is 26.9. The minimum absolute atomic E-state index is 0.0458. The first-order chi connectivity index (χ1) is 17.8. The highest BCUT2D eigenvalue weighted by Gasteiger charge is 2.27. The number of nitrogens with one attached hydrogen (secondary N) is 1. The molecule has 0 aliphatic heterocycles. The van der Waals surface area contributed by atoms with Crippen LogP contribution in [-0.4, -0.2) is 45.7 Å². The average molecular weight is 525 g/mol. The lowest BCUT2D eigenvalue weighted by Gasteiger charge is -2.23. The number of nitro groups is 1. The standard InChI is InChI=1S/C25H24N4O7S/c1-3-15-36-23-14-9-19(16-24(23)35-2)17-26-27-25(30)18-28(20-10-12-21(13-11-20)29(31)32)37(33,34)22-7-5-4-6-8-22/h3-14,16-17H,1,15,18H2,2H3,(H,27,30)/b26-17-. The molecule has 0 spiro atoms. The molecule has 0 aromatic heterocycles. The molecule has 37 heavy (non-hydrogen) atoms. The SMILES string of the molecule is C=CCOc1ccc(/C=N\NC(=O)CN(c2ccc([N+](=O)[O-])cc2)S(=O)(=O)c2ccccc2)cc1OC. The quantitative estimate of drug-likeness (QED) is 0.165. The van der Waals surface area contributed by atoms with Gasteiger partial charge in [-0.05, 0) is 48.0 Å². The van der Waals surface area contributed by atoms with Gasteiger partial charge in [0.25, 0.3) is 21.6 Å². The van der Waals surface area contributed by atoms with Gasteiger partial charge in [-0.1, -0.05) is 30.9 Å². The van der Waals surface area contributed by atoms with Crippen LogP contribution >= 0.6 is 0 Å². The van der Waals surface area contributed by atoms with Crippen molar-refractivity contribution < 1.29 is 27.6 Å². The maximum Gasteiger partial charge on any atom is 0.269 e. The fourth-order valence-electron chi connectivity index (χ4n) is 3.15. The zero-order chi connectivity index (χ0) is 26.8. The summed E-state index contributed by atoms with van der Waals surface area (Å²) in [6.45, 7) is 3.27. The highest BCUT2D eigenvalue weighted by molar-refractivity contribution is 7.92. The minimum atomic E-state index is -4.17. The van der Waals surface area contributed by atoms with E-state index < -0.39 is 27.4 Å². The van der Waals surface area contributed by atoms with E-state index in [0.717, 1.165) is 16.4 Å². The van der Waals surface area contributed by atoms with Crippen molar-refractivity contribution in [1.29, 1.82) is 0 Å². The molecule has 1 N–H and O–H groups in total. The number of hydrogen-bond donors (Lipinski definition) is 1. The number of nitro benzene ring substituents is 1. The van der Waals surface area contributed by atoms with Gasteiger partial charge in [-0.15, -0.1) is 0 Å². The zero-order valence-electron chi connectivity index (χ0n) is 19.8. The third-order valence-corrected chi connectivity index (χ3v) is 6.70. The highest BCUT2D eigenvalue weighted by atomic mass is 32.2. The number of non-ortho nitro benzene ring substituents is 1. The van der Waals surface area contributed by atoms with Gasteiger partial charge in [0.05, 0.1) is 28.8 Å². The van der Waals surface area contributed by atoms with Gasteiger partial charge in [0, 0.05) is 12.1 Å². The van der Waals surface area contributed by atoms with E-state index in [1.54, 1.807) is 42.5 Å². The summed E-state index contributed by atoms with van der Waals surface area (Å²) in [5.74, 6) is 0.232. The number of carbonyl (C=O) groups excluding carboxylic acids is 1. The summed E-state index contributed by atoms with van der Waals surface area (Å²) in [6.07, 6.45) is 2.96. The van der Waals surface area contributed by atoms with E-state index in [-0.39, 0.29) is 16.3 Å². The fraction of sp³-hybridized carbons (Fsp3) is 0.120. The highest BCUT2D eigenvalue weighted by Crippen LogP contribution is 2.28. The number of methoxy groups -OCH3 is 1. The van der Waals surface area contributed by atoms with Crippen LogP contribution in [0.3, 0.4) is 0 Å². The van der Waals surface area contributed by atoms with E-state index in [1.165, 1.54) is 37.6 Å². The molecule has 0 heterocycles. The summed E-state index contributed by atoms with van der Waals surface area (Å²) in [7, 11) is -2.68. The summed E-state index contributed by atoms with van der Waals surface area (Å²) in [5.41, 5.74) is 2.75. The number of hydrogen-bond acceptors (Lipinski definition) is 8. The minimum Gasteiger partial charge on any atom is -0.493 e. The number of hydrazone groups is 1. The van der Waals surface area contributed by atoms with Crippen LogP contribution in [0.1, 0.15) is 5.56 Å². The van der Waals surface area contributed by atoms with E-state index in [0.29, 0.717) is 23.7 Å². The fourth-order valence-corrected chi connectivity index (χ4v) is 4.59. The summed E-state index contributed by atoms with van der Waals surface area (Å²) in [4.78, 5) is 23.0. The average Bonchev–Trinajstić information content (AvgIpc) is 2.91. The maximum absolute atomic E-state index is 13.3. The number of carbonyl (C=O) groups is 1. The molecule has 11 nitrogen and oxygen atoms in total. The Morgan fingerprint density at radius 3 is 2.43 bits per heavy atom. The van der Waals surface area contributed by atoms with Crippen molar-refractivity contribution in [2.24, 2.45) is 5.10 Å². The predicted molar refractivity (Wildman–Crippen MR) is 138 cm³/mol. The third-order valence-electron chi connectivity index (χ3n) is 4.91. The molecule has 0 atom stereocenters. The van der Waals surface area contributed by atoms with E-state index in [4.69, 9.17) is 9.47 Å². The van der Waals surface area contributed by atoms with Gasteiger partial charge in [0.2, 0.25) is 0 Å². The number of benzene rings is 3. The lowest BCUT2D eigenvalue weighted by atomic mass is 10.2.